The van der Waals surface area contributed by atoms with E-state index in [4.69, 9.17) is 39.0 Å². The molecule has 0 unspecified atom stereocenters. The first kappa shape index (κ1) is 51.2. The highest BCUT2D eigenvalue weighted by molar-refractivity contribution is 6.76. The molecule has 1 aromatic carbocycles. The number of benzene rings is 1. The van der Waals surface area contributed by atoms with E-state index in [2.05, 4.69) is 30.3 Å². The maximum Gasteiger partial charge on any atom is 0.408 e. The van der Waals surface area contributed by atoms with Gasteiger partial charge >= 0.3 is 30.1 Å². The van der Waals surface area contributed by atoms with Gasteiger partial charge in [0.2, 0.25) is 0 Å². The molecule has 1 aromatic rings. The van der Waals surface area contributed by atoms with E-state index in [1.807, 2.05) is 31.2 Å². The summed E-state index contributed by atoms with van der Waals surface area (Å²) in [6.45, 7) is 21.6. The number of hydrogen-bond acceptors (Lipinski definition) is 12. The van der Waals surface area contributed by atoms with Gasteiger partial charge in [-0.25, -0.2) is 19.2 Å². The molecule has 0 radical (unpaired) electrons. The predicted molar refractivity (Wildman–Crippen MR) is 200 cm³/mol. The van der Waals surface area contributed by atoms with Crippen molar-refractivity contribution >= 4 is 38.2 Å². The maximum atomic E-state index is 11.9. The van der Waals surface area contributed by atoms with Crippen LogP contribution in [0.25, 0.3) is 0 Å². The van der Waals surface area contributed by atoms with Crippen LogP contribution in [0.5, 0.6) is 5.75 Å². The number of rotatable bonds is 16. The Labute approximate surface area is 314 Å². The number of aliphatic hydroxyl groups excluding tert-OH is 2. The van der Waals surface area contributed by atoms with Gasteiger partial charge in [-0.2, -0.15) is 0 Å². The van der Waals surface area contributed by atoms with Gasteiger partial charge in [0.15, 0.2) is 18.9 Å². The highest BCUT2D eigenvalue weighted by Crippen LogP contribution is 2.16. The molecule has 0 aromatic heterocycles. The second-order valence-electron chi connectivity index (χ2n) is 15.4. The fraction of sp³-hybridized carbons (Fsp3) is 0.694. The normalized spacial score (nSPS) is 14.2. The summed E-state index contributed by atoms with van der Waals surface area (Å²) < 4.78 is 25.1. The summed E-state index contributed by atoms with van der Waals surface area (Å²) in [5, 5.41) is 40.6. The van der Waals surface area contributed by atoms with Crippen LogP contribution in [-0.2, 0) is 39.8 Å². The quantitative estimate of drug-likeness (QED) is 0.0435. The third-order valence-corrected chi connectivity index (χ3v) is 8.30. The van der Waals surface area contributed by atoms with E-state index in [0.29, 0.717) is 19.4 Å². The fourth-order valence-electron chi connectivity index (χ4n) is 3.71. The summed E-state index contributed by atoms with van der Waals surface area (Å²) in [5.74, 6) is -2.30. The number of carbonyl (C=O) groups excluding carboxylic acids is 3. The van der Waals surface area contributed by atoms with Crippen LogP contribution in [0.3, 0.4) is 0 Å². The number of carboxylic acid groups (broad SMARTS) is 2. The number of amides is 2. The second kappa shape index (κ2) is 24.4. The Bertz CT molecular complexity index is 1250. The standard InChI is InChI=1S/C15H31NO6Si.C12H16O3.C9H17NO5/c1-11(17)12(16-14(19)22-15(2,3)4)13(18)21-10-20-8-9-23(5,6)7;1-3-10(12(13)14)8-9-4-6-11(15-2)7-5-9;1-5(11)6(7(12)13)10-8(14)15-9(2,3)4/h11-12,17H,8-10H2,1-7H3,(H,16,19);4-7,10H,3,8H2,1-2H3,(H,13,14);5-6,11H,1-4H3,(H,10,14)(H,12,13)/t11-,12+;10-;5-,6+/m101/s1. The van der Waals surface area contributed by atoms with Gasteiger partial charge in [-0.15, -0.1) is 0 Å². The average molecular weight is 777 g/mol. The zero-order valence-corrected chi connectivity index (χ0v) is 34.6. The number of carboxylic acids is 2. The van der Waals surface area contributed by atoms with E-state index in [9.17, 15) is 29.1 Å². The van der Waals surface area contributed by atoms with Gasteiger partial charge in [0.05, 0.1) is 25.2 Å². The second-order valence-corrected chi connectivity index (χ2v) is 21.0. The third-order valence-electron chi connectivity index (χ3n) is 6.59. The Morgan fingerprint density at radius 2 is 1.23 bits per heavy atom. The molecule has 0 spiro atoms. The van der Waals surface area contributed by atoms with E-state index in [-0.39, 0.29) is 12.7 Å². The molecule has 0 saturated heterocycles. The summed E-state index contributed by atoms with van der Waals surface area (Å²) in [5.41, 5.74) is -0.367. The minimum atomic E-state index is -1.36. The van der Waals surface area contributed by atoms with E-state index >= 15 is 0 Å². The number of esters is 1. The van der Waals surface area contributed by atoms with Crippen molar-refractivity contribution in [2.45, 2.75) is 136 Å². The molecule has 53 heavy (non-hydrogen) atoms. The largest absolute Gasteiger partial charge is 0.497 e. The first-order valence-corrected chi connectivity index (χ1v) is 21.0. The molecular formula is C36H64N2O14Si. The lowest BCUT2D eigenvalue weighted by atomic mass is 9.97. The lowest BCUT2D eigenvalue weighted by Gasteiger charge is -2.24. The highest BCUT2D eigenvalue weighted by Gasteiger charge is 2.30. The van der Waals surface area contributed by atoms with Crippen molar-refractivity contribution in [3.8, 4) is 5.75 Å². The number of methoxy groups -OCH3 is 1. The molecule has 0 aliphatic rings. The van der Waals surface area contributed by atoms with Crippen LogP contribution in [0.2, 0.25) is 25.7 Å². The van der Waals surface area contributed by atoms with E-state index in [0.717, 1.165) is 17.4 Å². The van der Waals surface area contributed by atoms with Crippen molar-refractivity contribution in [1.82, 2.24) is 10.6 Å². The minimum Gasteiger partial charge on any atom is -0.497 e. The molecule has 0 aliphatic heterocycles. The molecule has 16 nitrogen and oxygen atoms in total. The van der Waals surface area contributed by atoms with Crippen LogP contribution in [-0.4, -0.2) is 115 Å². The molecule has 17 heteroatoms. The number of alkyl carbamates (subject to hydrolysis) is 2. The van der Waals surface area contributed by atoms with Crippen LogP contribution >= 0.6 is 0 Å². The molecule has 0 aliphatic carbocycles. The average Bonchev–Trinajstić information content (AvgIpc) is 2.99. The number of carbonyl (C=O) groups is 5. The van der Waals surface area contributed by atoms with Crippen molar-refractivity contribution in [2.24, 2.45) is 5.92 Å². The molecule has 0 fully saturated rings. The number of nitrogens with one attached hydrogen (secondary N) is 2. The zero-order valence-electron chi connectivity index (χ0n) is 33.6. The number of hydrogen-bond donors (Lipinski definition) is 6. The Balaban J connectivity index is 0. The number of aliphatic hydroxyl groups is 2. The predicted octanol–water partition coefficient (Wildman–Crippen LogP) is 4.81. The minimum absolute atomic E-state index is 0.206. The van der Waals surface area contributed by atoms with Crippen LogP contribution in [0.1, 0.15) is 74.3 Å². The Morgan fingerprint density at radius 3 is 1.57 bits per heavy atom. The van der Waals surface area contributed by atoms with Crippen molar-refractivity contribution in [2.75, 3.05) is 20.5 Å². The molecule has 5 atom stereocenters. The van der Waals surface area contributed by atoms with Crippen LogP contribution in [0.15, 0.2) is 24.3 Å². The third kappa shape index (κ3) is 27.4. The van der Waals surface area contributed by atoms with Gasteiger partial charge in [0, 0.05) is 14.7 Å². The van der Waals surface area contributed by atoms with Gasteiger partial charge in [-0.1, -0.05) is 38.7 Å². The van der Waals surface area contributed by atoms with Crippen LogP contribution in [0.4, 0.5) is 9.59 Å². The molecule has 0 heterocycles. The topological polar surface area (TPSA) is 236 Å². The first-order valence-electron chi connectivity index (χ1n) is 17.3. The Hall–Kier alpha value is -3.93. The van der Waals surface area contributed by atoms with Crippen molar-refractivity contribution in [3.05, 3.63) is 29.8 Å². The number of aliphatic carboxylic acids is 2. The van der Waals surface area contributed by atoms with E-state index < -0.39 is 73.7 Å². The van der Waals surface area contributed by atoms with Crippen LogP contribution in [0, 0.1) is 5.92 Å². The number of ether oxygens (including phenoxy) is 5. The van der Waals surface area contributed by atoms with Crippen molar-refractivity contribution in [1.29, 1.82) is 0 Å². The lowest BCUT2D eigenvalue weighted by molar-refractivity contribution is -0.161. The molecule has 2 amide bonds. The zero-order chi connectivity index (χ0) is 41.7. The SMILES string of the molecule is CC[C@@H](Cc1ccc(OC)cc1)C(=O)O.C[C@@H](O)[C@H](NC(=O)OC(C)(C)C)C(=O)O.C[C@@H](O)[C@H](NC(=O)OC(C)(C)C)C(=O)OCOCC[Si](C)(C)C. The summed E-state index contributed by atoms with van der Waals surface area (Å²) in [6, 6.07) is 5.91. The van der Waals surface area contributed by atoms with E-state index in [1.165, 1.54) is 13.8 Å². The van der Waals surface area contributed by atoms with Gasteiger partial charge in [0.25, 0.3) is 0 Å². The van der Waals surface area contributed by atoms with E-state index in [1.54, 1.807) is 48.7 Å². The molecular weight excluding hydrogens is 712 g/mol. The summed E-state index contributed by atoms with van der Waals surface area (Å²) >= 11 is 0. The van der Waals surface area contributed by atoms with Gasteiger partial charge in [-0.05, 0) is 92.0 Å². The summed E-state index contributed by atoms with van der Waals surface area (Å²) in [6.07, 6.45) is -2.72. The van der Waals surface area contributed by atoms with Crippen molar-refractivity contribution < 1.29 is 68.1 Å². The smallest absolute Gasteiger partial charge is 0.408 e. The van der Waals surface area contributed by atoms with Gasteiger partial charge in [0.1, 0.15) is 17.0 Å². The summed E-state index contributed by atoms with van der Waals surface area (Å²) in [7, 11) is 0.414. The van der Waals surface area contributed by atoms with Gasteiger partial charge < -0.3 is 54.7 Å². The molecule has 6 N–H and O–H groups in total. The summed E-state index contributed by atoms with van der Waals surface area (Å²) in [4.78, 5) is 56.2. The molecule has 0 bridgehead atoms. The van der Waals surface area contributed by atoms with Crippen LogP contribution < -0.4 is 15.4 Å². The molecule has 1 rings (SSSR count). The molecule has 0 saturated carbocycles. The maximum absolute atomic E-state index is 11.9. The first-order chi connectivity index (χ1) is 24.1. The monoisotopic (exact) mass is 776 g/mol. The van der Waals surface area contributed by atoms with Gasteiger partial charge in [-0.3, -0.25) is 4.79 Å². The lowest BCUT2D eigenvalue weighted by Crippen LogP contribution is -2.50. The fourth-order valence-corrected chi connectivity index (χ4v) is 4.47. The Kier molecular flexibility index (Phi) is 23.6. The Morgan fingerprint density at radius 1 is 0.774 bits per heavy atom. The highest BCUT2D eigenvalue weighted by atomic mass is 28.3. The molecule has 306 valence electrons. The van der Waals surface area contributed by atoms with Crippen molar-refractivity contribution in [3.63, 3.8) is 0 Å².